The van der Waals surface area contributed by atoms with Gasteiger partial charge in [-0.3, -0.25) is 0 Å². The summed E-state index contributed by atoms with van der Waals surface area (Å²) in [4.78, 5) is 25.5. The minimum Gasteiger partial charge on any atom is -0.461 e. The van der Waals surface area contributed by atoms with Crippen molar-refractivity contribution in [1.82, 2.24) is 0 Å². The molecule has 0 amide bonds. The number of hydrogen-bond acceptors (Lipinski definition) is 12. The maximum absolute atomic E-state index is 13.0. The monoisotopic (exact) mass is 598 g/mol. The number of esters is 2. The van der Waals surface area contributed by atoms with E-state index in [9.17, 15) is 24.9 Å². The highest BCUT2D eigenvalue weighted by Crippen LogP contribution is 2.82. The molecule has 7 aliphatic rings. The van der Waals surface area contributed by atoms with E-state index in [2.05, 4.69) is 0 Å². The van der Waals surface area contributed by atoms with Crippen LogP contribution in [-0.2, 0) is 33.2 Å². The van der Waals surface area contributed by atoms with Gasteiger partial charge in [0, 0.05) is 19.4 Å². The van der Waals surface area contributed by atoms with Crippen LogP contribution in [0.1, 0.15) is 40.5 Å². The minimum atomic E-state index is -1.66. The Morgan fingerprint density at radius 3 is 2.14 bits per heavy atom. The summed E-state index contributed by atoms with van der Waals surface area (Å²) in [5.74, 6) is -2.41. The van der Waals surface area contributed by atoms with E-state index in [0.717, 1.165) is 0 Å². The van der Waals surface area contributed by atoms with Crippen molar-refractivity contribution < 1.29 is 58.1 Å². The summed E-state index contributed by atoms with van der Waals surface area (Å²) in [5, 5.41) is 32.4. The van der Waals surface area contributed by atoms with Crippen LogP contribution in [0.3, 0.4) is 0 Å². The van der Waals surface area contributed by atoms with Crippen LogP contribution in [0, 0.1) is 11.3 Å². The lowest BCUT2D eigenvalue weighted by Crippen LogP contribution is -2.81. The summed E-state index contributed by atoms with van der Waals surface area (Å²) in [7, 11) is 1.56. The van der Waals surface area contributed by atoms with Crippen LogP contribution in [0.25, 0.3) is 0 Å². The molecule has 3 N–H and O–H groups in total. The molecule has 3 unspecified atom stereocenters. The summed E-state index contributed by atoms with van der Waals surface area (Å²) in [6.07, 6.45) is -7.69. The Labute approximate surface area is 247 Å². The summed E-state index contributed by atoms with van der Waals surface area (Å²) < 4.78 is 42.4. The van der Waals surface area contributed by atoms with Gasteiger partial charge in [0.2, 0.25) is 0 Å². The third-order valence-corrected chi connectivity index (χ3v) is 10.1. The zero-order chi connectivity index (χ0) is 30.2. The number of methoxy groups -OCH3 is 1. The lowest BCUT2D eigenvalue weighted by Gasteiger charge is -2.68. The summed E-state index contributed by atoms with van der Waals surface area (Å²) >= 11 is 0. The molecule has 4 saturated heterocycles. The Hall–Kier alpha value is -2.94. The van der Waals surface area contributed by atoms with Crippen LogP contribution in [0.4, 0.5) is 0 Å². The Morgan fingerprint density at radius 2 is 1.51 bits per heavy atom. The fourth-order valence-electron chi connectivity index (χ4n) is 7.91. The van der Waals surface area contributed by atoms with E-state index in [1.54, 1.807) is 67.8 Å². The maximum Gasteiger partial charge on any atom is 0.338 e. The molecule has 43 heavy (non-hydrogen) atoms. The Bertz CT molecular complexity index is 1390. The summed E-state index contributed by atoms with van der Waals surface area (Å²) in [5.41, 5.74) is -2.50. The highest BCUT2D eigenvalue weighted by atomic mass is 16.8. The first kappa shape index (κ1) is 28.8. The second-order valence-corrected chi connectivity index (χ2v) is 12.2. The number of ether oxygens (including phenoxy) is 7. The van der Waals surface area contributed by atoms with Crippen molar-refractivity contribution in [1.29, 1.82) is 0 Å². The molecular weight excluding hydrogens is 564 g/mol. The molecule has 3 aliphatic carbocycles. The van der Waals surface area contributed by atoms with Crippen LogP contribution in [-0.4, -0.2) is 102 Å². The van der Waals surface area contributed by atoms with Crippen LogP contribution < -0.4 is 0 Å². The average Bonchev–Trinajstić information content (AvgIpc) is 3.23. The summed E-state index contributed by atoms with van der Waals surface area (Å²) in [6, 6.07) is 16.9. The molecule has 7 fully saturated rings. The number of carbonyl (C=O) groups is 2. The van der Waals surface area contributed by atoms with E-state index in [1.165, 1.54) is 0 Å². The Balaban J connectivity index is 1.14. The van der Waals surface area contributed by atoms with Crippen molar-refractivity contribution in [2.45, 2.75) is 73.8 Å². The quantitative estimate of drug-likeness (QED) is 0.354. The fourth-order valence-corrected chi connectivity index (χ4v) is 7.91. The van der Waals surface area contributed by atoms with Gasteiger partial charge in [0.05, 0.1) is 16.5 Å². The normalized spacial score (nSPS) is 43.7. The number of hydrogen-bond donors (Lipinski definition) is 3. The van der Waals surface area contributed by atoms with Crippen molar-refractivity contribution in [2.75, 3.05) is 20.3 Å². The SMILES string of the molecule is CO[C@]12C[C@]3(C)OC(O1)[C@]1(COC(=O)c4ccccc4)[C@H]2C[C@]31O[C@@H]1OC(COC(=O)c2ccccc2)[C@@H](O)[C@H](O)C1O. The highest BCUT2D eigenvalue weighted by Gasteiger charge is 2.95. The van der Waals surface area contributed by atoms with Gasteiger partial charge in [0.1, 0.15) is 48.8 Å². The predicted octanol–water partition coefficient (Wildman–Crippen LogP) is 1.16. The summed E-state index contributed by atoms with van der Waals surface area (Å²) in [6.45, 7) is 1.33. The molecule has 2 aromatic rings. The number of rotatable bonds is 9. The van der Waals surface area contributed by atoms with Gasteiger partial charge in [-0.15, -0.1) is 0 Å². The molecule has 4 heterocycles. The smallest absolute Gasteiger partial charge is 0.338 e. The van der Waals surface area contributed by atoms with E-state index in [-0.39, 0.29) is 12.5 Å². The Morgan fingerprint density at radius 1 is 0.884 bits per heavy atom. The number of benzene rings is 2. The molecule has 6 bridgehead atoms. The molecular formula is C31H34O12. The highest BCUT2D eigenvalue weighted by molar-refractivity contribution is 5.89. The van der Waals surface area contributed by atoms with Gasteiger partial charge in [-0.2, -0.15) is 0 Å². The lowest BCUT2D eigenvalue weighted by atomic mass is 9.41. The zero-order valence-electron chi connectivity index (χ0n) is 23.7. The van der Waals surface area contributed by atoms with Crippen molar-refractivity contribution in [3.8, 4) is 0 Å². The number of aliphatic hydroxyl groups excluding tert-OH is 3. The van der Waals surface area contributed by atoms with E-state index >= 15 is 0 Å². The van der Waals surface area contributed by atoms with Crippen LogP contribution in [0.5, 0.6) is 0 Å². The molecule has 12 nitrogen and oxygen atoms in total. The van der Waals surface area contributed by atoms with E-state index in [0.29, 0.717) is 24.0 Å². The predicted molar refractivity (Wildman–Crippen MR) is 143 cm³/mol. The number of carbonyl (C=O) groups excluding carboxylic acids is 2. The first-order valence-corrected chi connectivity index (χ1v) is 14.3. The van der Waals surface area contributed by atoms with Crippen LogP contribution >= 0.6 is 0 Å². The molecule has 0 radical (unpaired) electrons. The van der Waals surface area contributed by atoms with Crippen molar-refractivity contribution in [2.24, 2.45) is 11.3 Å². The molecule has 0 aromatic heterocycles. The van der Waals surface area contributed by atoms with Crippen molar-refractivity contribution >= 4 is 11.9 Å². The molecule has 3 saturated carbocycles. The number of aliphatic hydroxyl groups is 3. The van der Waals surface area contributed by atoms with Gasteiger partial charge in [-0.1, -0.05) is 36.4 Å². The lowest BCUT2D eigenvalue weighted by molar-refractivity contribution is -0.427. The second-order valence-electron chi connectivity index (χ2n) is 12.2. The maximum atomic E-state index is 13.0. The molecule has 0 spiro atoms. The third kappa shape index (κ3) is 3.91. The second kappa shape index (κ2) is 10.0. The zero-order valence-corrected chi connectivity index (χ0v) is 23.7. The van der Waals surface area contributed by atoms with Gasteiger partial charge in [0.25, 0.3) is 0 Å². The Kier molecular flexibility index (Phi) is 6.73. The van der Waals surface area contributed by atoms with Crippen molar-refractivity contribution in [3.63, 3.8) is 0 Å². The minimum absolute atomic E-state index is 0.122. The molecule has 9 rings (SSSR count). The van der Waals surface area contributed by atoms with Gasteiger partial charge in [0.15, 0.2) is 18.4 Å². The topological polar surface area (TPSA) is 159 Å². The molecule has 2 aromatic carbocycles. The third-order valence-electron chi connectivity index (χ3n) is 10.1. The van der Waals surface area contributed by atoms with Gasteiger partial charge in [-0.05, 0) is 37.6 Å². The molecule has 230 valence electrons. The van der Waals surface area contributed by atoms with Gasteiger partial charge >= 0.3 is 11.9 Å². The van der Waals surface area contributed by atoms with E-state index < -0.39 is 77.9 Å². The first-order valence-electron chi connectivity index (χ1n) is 14.3. The fraction of sp³-hybridized carbons (Fsp3) is 0.548. The van der Waals surface area contributed by atoms with E-state index in [1.807, 2.05) is 6.92 Å². The molecule has 4 aliphatic heterocycles. The van der Waals surface area contributed by atoms with Crippen molar-refractivity contribution in [3.05, 3.63) is 71.8 Å². The van der Waals surface area contributed by atoms with Gasteiger partial charge < -0.3 is 48.5 Å². The van der Waals surface area contributed by atoms with E-state index in [4.69, 9.17) is 33.2 Å². The standard InChI is InChI=1S/C31H34O12/c1-28-15-30(37-2)20-13-31(28,29(20,27(42-28)43-30)16-39-25(36)18-11-7-4-8-12-18)41-26-23(34)22(33)21(32)19(40-26)14-38-24(35)17-9-5-3-6-10-17/h3-12,19-23,26-27,32-34H,13-16H2,1-2H3/t19?,20-,21-,22+,23?,26+,27?,28+,29+,30-,31+/m1/s1. The van der Waals surface area contributed by atoms with Crippen LogP contribution in [0.15, 0.2) is 60.7 Å². The molecule has 11 atom stereocenters. The first-order chi connectivity index (χ1) is 20.6. The molecule has 12 heteroatoms. The van der Waals surface area contributed by atoms with Crippen LogP contribution in [0.2, 0.25) is 0 Å². The largest absolute Gasteiger partial charge is 0.461 e. The van der Waals surface area contributed by atoms with Gasteiger partial charge in [-0.25, -0.2) is 9.59 Å². The average molecular weight is 599 g/mol.